The molecular formula is C32H68N4O12Si4. The van der Waals surface area contributed by atoms with Crippen LogP contribution in [0.2, 0.25) is 50.4 Å². The minimum Gasteiger partial charge on any atom is -0.450 e. The lowest BCUT2D eigenvalue weighted by Crippen LogP contribution is -2.67. The van der Waals surface area contributed by atoms with Gasteiger partial charge in [-0.2, -0.15) is 0 Å². The van der Waals surface area contributed by atoms with Crippen LogP contribution in [-0.4, -0.2) is 111 Å². The summed E-state index contributed by atoms with van der Waals surface area (Å²) in [6, 6.07) is 2.29. The van der Waals surface area contributed by atoms with Crippen molar-refractivity contribution < 1.29 is 54.6 Å². The Balaban J connectivity index is 3.25. The number of carbonyl (C=O) groups is 4. The van der Waals surface area contributed by atoms with Gasteiger partial charge in [-0.1, -0.05) is 27.7 Å². The zero-order valence-electron chi connectivity index (χ0n) is 33.0. The predicted octanol–water partition coefficient (Wildman–Crippen LogP) is 6.46. The minimum atomic E-state index is -3.01. The highest BCUT2D eigenvalue weighted by Gasteiger charge is 2.56. The summed E-state index contributed by atoms with van der Waals surface area (Å²) in [4.78, 5) is 48.4. The van der Waals surface area contributed by atoms with Crippen LogP contribution in [0, 0.1) is 0 Å². The Hall–Kier alpha value is -2.21. The van der Waals surface area contributed by atoms with Gasteiger partial charge in [0.1, 0.15) is 0 Å². The molecule has 0 unspecified atom stereocenters. The second-order valence-corrected chi connectivity index (χ2v) is 27.9. The molecule has 16 nitrogen and oxygen atoms in total. The largest absolute Gasteiger partial charge is 0.450 e. The summed E-state index contributed by atoms with van der Waals surface area (Å²) in [6.07, 6.45) is 3.53. The lowest BCUT2D eigenvalue weighted by Gasteiger charge is -2.50. The molecule has 304 valence electrons. The van der Waals surface area contributed by atoms with Crippen molar-refractivity contribution in [3.63, 3.8) is 0 Å². The van der Waals surface area contributed by atoms with Crippen molar-refractivity contribution in [2.45, 2.75) is 129 Å². The lowest BCUT2D eigenvalue weighted by molar-refractivity contribution is 0.145. The van der Waals surface area contributed by atoms with Crippen molar-refractivity contribution in [3.8, 4) is 0 Å². The van der Waals surface area contributed by atoms with Crippen LogP contribution in [0.3, 0.4) is 0 Å². The van der Waals surface area contributed by atoms with E-state index in [1.807, 2.05) is 53.9 Å². The van der Waals surface area contributed by atoms with Crippen LogP contribution in [0.1, 0.15) is 79.1 Å². The molecule has 4 amide bonds. The van der Waals surface area contributed by atoms with Crippen LogP contribution in [0.4, 0.5) is 19.2 Å². The molecule has 0 atom stereocenters. The highest BCUT2D eigenvalue weighted by atomic mass is 28.5. The van der Waals surface area contributed by atoms with Gasteiger partial charge >= 0.3 is 58.6 Å². The highest BCUT2D eigenvalue weighted by Crippen LogP contribution is 2.38. The summed E-state index contributed by atoms with van der Waals surface area (Å²) in [5.41, 5.74) is 0. The number of hydrogen-bond donors (Lipinski definition) is 4. The maximum Gasteiger partial charge on any atom is 0.407 e. The van der Waals surface area contributed by atoms with Crippen LogP contribution < -0.4 is 21.3 Å². The molecule has 20 heteroatoms. The molecule has 1 fully saturated rings. The van der Waals surface area contributed by atoms with Gasteiger partial charge in [0, 0.05) is 26.2 Å². The third kappa shape index (κ3) is 21.5. The van der Waals surface area contributed by atoms with Gasteiger partial charge in [0.2, 0.25) is 0 Å². The molecule has 1 rings (SSSR count). The lowest BCUT2D eigenvalue weighted by atomic mass is 10.5. The first kappa shape index (κ1) is 47.8. The molecule has 0 aromatic rings. The predicted molar refractivity (Wildman–Crippen MR) is 207 cm³/mol. The van der Waals surface area contributed by atoms with Gasteiger partial charge in [-0.3, -0.25) is 0 Å². The number of alkyl carbamates (subject to hydrolysis) is 4. The molecule has 0 saturated carbocycles. The van der Waals surface area contributed by atoms with Gasteiger partial charge < -0.3 is 56.7 Å². The van der Waals surface area contributed by atoms with E-state index in [9.17, 15) is 19.2 Å². The maximum absolute atomic E-state index is 12.1. The Morgan fingerprint density at radius 3 is 0.769 bits per heavy atom. The zero-order valence-corrected chi connectivity index (χ0v) is 37.0. The van der Waals surface area contributed by atoms with Gasteiger partial charge in [0.25, 0.3) is 0 Å². The standard InChI is InChI=1S/C32H68N4O12Si4/c1-9-21-41-29(37)33-17-13-25-49(5)45-50(6,26-14-18-34-30(38)42-22-10-2)47-52(8,28-16-20-36-32(40)44-24-12-4)48-51(7,46-49)27-15-19-35-31(39)43-23-11-3/h9-28H2,1-8H3,(H,33,37)(H,34,38)(H,35,39)(H,36,40). The van der Waals surface area contributed by atoms with Crippen molar-refractivity contribution in [3.05, 3.63) is 0 Å². The quantitative estimate of drug-likeness (QED) is 0.0474. The van der Waals surface area contributed by atoms with Crippen molar-refractivity contribution in [1.82, 2.24) is 21.3 Å². The number of hydrogen-bond acceptors (Lipinski definition) is 12. The molecule has 0 spiro atoms. The molecule has 0 radical (unpaired) electrons. The minimum absolute atomic E-state index is 0.352. The Morgan fingerprint density at radius 1 is 0.404 bits per heavy atom. The maximum atomic E-state index is 12.1. The fourth-order valence-electron chi connectivity index (χ4n) is 5.70. The first-order chi connectivity index (χ1) is 24.6. The van der Waals surface area contributed by atoms with Gasteiger partial charge in [-0.25, -0.2) is 19.2 Å². The van der Waals surface area contributed by atoms with Crippen LogP contribution in [0.15, 0.2) is 0 Å². The number of ether oxygens (including phenoxy) is 4. The van der Waals surface area contributed by atoms with Crippen LogP contribution in [-0.2, 0) is 35.4 Å². The molecular weight excluding hydrogens is 745 g/mol. The topological polar surface area (TPSA) is 190 Å². The van der Waals surface area contributed by atoms with Crippen molar-refractivity contribution in [2.24, 2.45) is 0 Å². The Kier molecular flexibility index (Phi) is 23.7. The van der Waals surface area contributed by atoms with Crippen molar-refractivity contribution in [1.29, 1.82) is 0 Å². The first-order valence-electron chi connectivity index (χ1n) is 19.1. The molecule has 1 saturated heterocycles. The number of carbonyl (C=O) groups excluding carboxylic acids is 4. The summed E-state index contributed by atoms with van der Waals surface area (Å²) in [7, 11) is -12.0. The summed E-state index contributed by atoms with van der Waals surface area (Å²) in [6.45, 7) is 18.8. The van der Waals surface area contributed by atoms with Gasteiger partial charge in [-0.05, 0) is 102 Å². The zero-order chi connectivity index (χ0) is 38.9. The van der Waals surface area contributed by atoms with Crippen LogP contribution >= 0.6 is 0 Å². The first-order valence-corrected chi connectivity index (χ1v) is 29.2. The molecule has 1 heterocycles. The summed E-state index contributed by atoms with van der Waals surface area (Å²) < 4.78 is 49.2. The summed E-state index contributed by atoms with van der Waals surface area (Å²) in [5.74, 6) is 0. The summed E-state index contributed by atoms with van der Waals surface area (Å²) in [5, 5.41) is 11.2. The molecule has 52 heavy (non-hydrogen) atoms. The molecule has 1 aliphatic rings. The second-order valence-electron chi connectivity index (χ2n) is 13.6. The van der Waals surface area contributed by atoms with E-state index in [1.54, 1.807) is 0 Å². The number of rotatable bonds is 24. The van der Waals surface area contributed by atoms with Gasteiger partial charge in [0.15, 0.2) is 0 Å². The van der Waals surface area contributed by atoms with Crippen molar-refractivity contribution >= 4 is 58.6 Å². The summed E-state index contributed by atoms with van der Waals surface area (Å²) >= 11 is 0. The average Bonchev–Trinajstić information content (AvgIpc) is 3.07. The van der Waals surface area contributed by atoms with Crippen LogP contribution in [0.5, 0.6) is 0 Å². The molecule has 1 aliphatic heterocycles. The van der Waals surface area contributed by atoms with Crippen LogP contribution in [0.25, 0.3) is 0 Å². The second kappa shape index (κ2) is 25.7. The SMILES string of the molecule is CCCOC(=O)NCCC[Si]1(C)O[Si](C)(CCCNC(=O)OCCC)O[Si](C)(CCCNC(=O)OCCC)O[Si](C)(CCCNC(=O)OCCC)O1. The Morgan fingerprint density at radius 2 is 0.596 bits per heavy atom. The number of amides is 4. The van der Waals surface area contributed by atoms with E-state index < -0.39 is 58.6 Å². The fraction of sp³-hybridized carbons (Fsp3) is 0.875. The van der Waals surface area contributed by atoms with E-state index in [2.05, 4.69) is 21.3 Å². The fourth-order valence-corrected chi connectivity index (χ4v) is 29.0. The third-order valence-electron chi connectivity index (χ3n) is 7.78. The Bertz CT molecular complexity index is 897. The highest BCUT2D eigenvalue weighted by molar-refractivity contribution is 6.93. The van der Waals surface area contributed by atoms with Crippen molar-refractivity contribution in [2.75, 3.05) is 52.6 Å². The normalized spacial score (nSPS) is 24.5. The Labute approximate surface area is 315 Å². The molecule has 0 aliphatic carbocycles. The molecule has 0 bridgehead atoms. The molecule has 0 aromatic heterocycles. The van der Waals surface area contributed by atoms with E-state index in [-0.39, 0.29) is 0 Å². The monoisotopic (exact) mass is 812 g/mol. The number of nitrogens with one attached hydrogen (secondary N) is 4. The van der Waals surface area contributed by atoms with E-state index in [0.29, 0.717) is 102 Å². The van der Waals surface area contributed by atoms with E-state index in [0.717, 1.165) is 25.7 Å². The molecule has 0 aromatic carbocycles. The molecule has 4 N–H and O–H groups in total. The van der Waals surface area contributed by atoms with E-state index in [1.165, 1.54) is 0 Å². The third-order valence-corrected chi connectivity index (χ3v) is 26.6. The smallest absolute Gasteiger partial charge is 0.407 e. The van der Waals surface area contributed by atoms with Gasteiger partial charge in [-0.15, -0.1) is 0 Å². The van der Waals surface area contributed by atoms with E-state index >= 15 is 0 Å². The van der Waals surface area contributed by atoms with E-state index in [4.69, 9.17) is 35.4 Å². The average molecular weight is 813 g/mol. The van der Waals surface area contributed by atoms with Gasteiger partial charge in [0.05, 0.1) is 26.4 Å².